The number of unbranched alkanes of at least 4 members (excludes halogenated alkanes) is 2. The first-order valence-corrected chi connectivity index (χ1v) is 13.0. The van der Waals surface area contributed by atoms with Gasteiger partial charge in [-0.3, -0.25) is 24.1 Å². The van der Waals surface area contributed by atoms with Crippen LogP contribution in [0.4, 0.5) is 0 Å². The summed E-state index contributed by atoms with van der Waals surface area (Å²) in [7, 11) is 0. The molecule has 0 aliphatic carbocycles. The Bertz CT molecular complexity index is 757. The van der Waals surface area contributed by atoms with E-state index in [1.165, 1.54) is 4.90 Å². The summed E-state index contributed by atoms with van der Waals surface area (Å²) in [5.41, 5.74) is -0.941. The van der Waals surface area contributed by atoms with Crippen molar-refractivity contribution in [1.29, 1.82) is 0 Å². The van der Waals surface area contributed by atoms with Crippen LogP contribution in [-0.4, -0.2) is 71.2 Å². The number of nitrogens with zero attached hydrogens (tertiary/aromatic N) is 1. The highest BCUT2D eigenvalue weighted by Crippen LogP contribution is 2.29. The zero-order chi connectivity index (χ0) is 25.9. The average molecular weight is 612 g/mol. The number of halogens is 2. The Labute approximate surface area is 218 Å². The van der Waals surface area contributed by atoms with Gasteiger partial charge in [0, 0.05) is 25.9 Å². The zero-order valence-electron chi connectivity index (χ0n) is 20.4. The van der Waals surface area contributed by atoms with E-state index in [9.17, 15) is 19.2 Å². The van der Waals surface area contributed by atoms with E-state index in [2.05, 4.69) is 37.2 Å². The molecule has 0 saturated heterocycles. The maximum absolute atomic E-state index is 12.0. The number of aliphatic carboxylic acids is 1. The summed E-state index contributed by atoms with van der Waals surface area (Å²) < 4.78 is 12.2. The molecule has 0 bridgehead atoms. The number of carbonyl (C=O) groups is 4. The van der Waals surface area contributed by atoms with Crippen LogP contribution >= 0.6 is 31.9 Å². The van der Waals surface area contributed by atoms with Crippen molar-refractivity contribution >= 4 is 55.6 Å². The number of hydrogen-bond acceptors (Lipinski definition) is 6. The fourth-order valence-electron chi connectivity index (χ4n) is 3.18. The molecule has 1 aliphatic rings. The lowest BCUT2D eigenvalue weighted by Crippen LogP contribution is -2.34. The SMILES string of the molecule is CC(C)(CCOC(C)(C)CCC(=O)O)OCCNC(=O)CCCCCN1C(=O)C(Br)=C(Br)C1=O. The lowest BCUT2D eigenvalue weighted by atomic mass is 10.0. The summed E-state index contributed by atoms with van der Waals surface area (Å²) in [5.74, 6) is -1.58. The number of hydrogen-bond donors (Lipinski definition) is 2. The van der Waals surface area contributed by atoms with Crippen LogP contribution in [0.25, 0.3) is 0 Å². The molecule has 0 atom stereocenters. The summed E-state index contributed by atoms with van der Waals surface area (Å²) >= 11 is 6.19. The van der Waals surface area contributed by atoms with Crippen molar-refractivity contribution in [2.24, 2.45) is 0 Å². The molecule has 3 amide bonds. The van der Waals surface area contributed by atoms with Gasteiger partial charge in [0.25, 0.3) is 11.8 Å². The molecule has 0 radical (unpaired) electrons. The minimum atomic E-state index is -0.836. The number of amides is 3. The second-order valence-electron chi connectivity index (χ2n) is 9.41. The Hall–Kier alpha value is -1.30. The smallest absolute Gasteiger partial charge is 0.303 e. The van der Waals surface area contributed by atoms with Crippen molar-refractivity contribution in [3.05, 3.63) is 8.96 Å². The number of nitrogens with one attached hydrogen (secondary N) is 1. The van der Waals surface area contributed by atoms with Gasteiger partial charge in [0.05, 0.1) is 24.4 Å². The van der Waals surface area contributed by atoms with Crippen LogP contribution < -0.4 is 5.32 Å². The minimum absolute atomic E-state index is 0.0644. The average Bonchev–Trinajstić information content (AvgIpc) is 2.92. The molecular formula is C23H36Br2N2O7. The van der Waals surface area contributed by atoms with Gasteiger partial charge in [-0.15, -0.1) is 0 Å². The number of carboxylic acids is 1. The second-order valence-corrected chi connectivity index (χ2v) is 11.0. The van der Waals surface area contributed by atoms with Crippen molar-refractivity contribution in [3.8, 4) is 0 Å². The third-order valence-electron chi connectivity index (χ3n) is 5.40. The molecule has 0 saturated carbocycles. The van der Waals surface area contributed by atoms with E-state index >= 15 is 0 Å². The van der Waals surface area contributed by atoms with Crippen LogP contribution in [0.1, 0.15) is 72.6 Å². The Balaban J connectivity index is 2.11. The maximum atomic E-state index is 12.0. The van der Waals surface area contributed by atoms with Gasteiger partial charge >= 0.3 is 5.97 Å². The molecule has 2 N–H and O–H groups in total. The van der Waals surface area contributed by atoms with Gasteiger partial charge in [0.2, 0.25) is 5.91 Å². The van der Waals surface area contributed by atoms with Crippen molar-refractivity contribution in [3.63, 3.8) is 0 Å². The molecule has 0 aromatic rings. The lowest BCUT2D eigenvalue weighted by Gasteiger charge is -2.29. The van der Waals surface area contributed by atoms with Crippen LogP contribution in [-0.2, 0) is 28.7 Å². The van der Waals surface area contributed by atoms with Crippen molar-refractivity contribution in [1.82, 2.24) is 10.2 Å². The van der Waals surface area contributed by atoms with Gasteiger partial charge in [0.1, 0.15) is 8.96 Å². The molecule has 1 heterocycles. The van der Waals surface area contributed by atoms with E-state index in [0.717, 1.165) is 6.42 Å². The molecule has 11 heteroatoms. The van der Waals surface area contributed by atoms with E-state index in [0.29, 0.717) is 58.4 Å². The van der Waals surface area contributed by atoms with Crippen LogP contribution in [0.3, 0.4) is 0 Å². The monoisotopic (exact) mass is 610 g/mol. The fraction of sp³-hybridized carbons (Fsp3) is 0.739. The predicted octanol–water partition coefficient (Wildman–Crippen LogP) is 3.88. The number of carboxylic acid groups (broad SMARTS) is 1. The molecule has 34 heavy (non-hydrogen) atoms. The first-order valence-electron chi connectivity index (χ1n) is 11.4. The van der Waals surface area contributed by atoms with Crippen molar-refractivity contribution < 1.29 is 33.8 Å². The van der Waals surface area contributed by atoms with Gasteiger partial charge in [0.15, 0.2) is 0 Å². The highest BCUT2D eigenvalue weighted by Gasteiger charge is 2.35. The van der Waals surface area contributed by atoms with Crippen molar-refractivity contribution in [2.75, 3.05) is 26.3 Å². The van der Waals surface area contributed by atoms with Crippen molar-refractivity contribution in [2.45, 2.75) is 83.8 Å². The second kappa shape index (κ2) is 14.3. The van der Waals surface area contributed by atoms with Gasteiger partial charge in [-0.1, -0.05) is 6.42 Å². The molecule has 0 aromatic heterocycles. The summed E-state index contributed by atoms with van der Waals surface area (Å²) in [6, 6.07) is 0. The lowest BCUT2D eigenvalue weighted by molar-refractivity contribution is -0.139. The molecule has 0 unspecified atom stereocenters. The van der Waals surface area contributed by atoms with Gasteiger partial charge in [-0.2, -0.15) is 0 Å². The van der Waals surface area contributed by atoms with Crippen LogP contribution in [0.5, 0.6) is 0 Å². The molecule has 1 rings (SSSR count). The Morgan fingerprint density at radius 2 is 1.44 bits per heavy atom. The molecule has 194 valence electrons. The number of ether oxygens (including phenoxy) is 2. The van der Waals surface area contributed by atoms with E-state index in [-0.39, 0.29) is 33.1 Å². The molecule has 0 aromatic carbocycles. The number of carbonyl (C=O) groups excluding carboxylic acids is 3. The largest absolute Gasteiger partial charge is 0.481 e. The Kier molecular flexibility index (Phi) is 12.9. The summed E-state index contributed by atoms with van der Waals surface area (Å²) in [6.45, 7) is 9.20. The summed E-state index contributed by atoms with van der Waals surface area (Å²) in [6.07, 6.45) is 3.55. The molecule has 0 spiro atoms. The molecule has 0 fully saturated rings. The first-order chi connectivity index (χ1) is 15.8. The quantitative estimate of drug-likeness (QED) is 0.189. The molecular weight excluding hydrogens is 576 g/mol. The molecule has 9 nitrogen and oxygen atoms in total. The summed E-state index contributed by atoms with van der Waals surface area (Å²) in [5, 5.41) is 11.6. The predicted molar refractivity (Wildman–Crippen MR) is 135 cm³/mol. The maximum Gasteiger partial charge on any atom is 0.303 e. The Morgan fingerprint density at radius 1 is 0.882 bits per heavy atom. The van der Waals surface area contributed by atoms with E-state index in [1.54, 1.807) is 0 Å². The zero-order valence-corrected chi connectivity index (χ0v) is 23.6. The number of imide groups is 1. The number of rotatable bonds is 17. The third-order valence-corrected chi connectivity index (χ3v) is 7.40. The van der Waals surface area contributed by atoms with Crippen LogP contribution in [0.2, 0.25) is 0 Å². The normalized spacial score (nSPS) is 14.8. The first kappa shape index (κ1) is 30.7. The minimum Gasteiger partial charge on any atom is -0.481 e. The summed E-state index contributed by atoms with van der Waals surface area (Å²) in [4.78, 5) is 47.8. The van der Waals surface area contributed by atoms with E-state index in [1.807, 2.05) is 27.7 Å². The van der Waals surface area contributed by atoms with E-state index < -0.39 is 17.2 Å². The molecule has 1 aliphatic heterocycles. The van der Waals surface area contributed by atoms with Crippen LogP contribution in [0, 0.1) is 0 Å². The van der Waals surface area contributed by atoms with Crippen LogP contribution in [0.15, 0.2) is 8.96 Å². The highest BCUT2D eigenvalue weighted by molar-refractivity contribution is 9.14. The topological polar surface area (TPSA) is 122 Å². The van der Waals surface area contributed by atoms with E-state index in [4.69, 9.17) is 14.6 Å². The van der Waals surface area contributed by atoms with Gasteiger partial charge in [-0.05, 0) is 85.2 Å². The highest BCUT2D eigenvalue weighted by atomic mass is 79.9. The van der Waals surface area contributed by atoms with Gasteiger partial charge in [-0.25, -0.2) is 0 Å². The fourth-order valence-corrected chi connectivity index (χ4v) is 3.95. The Morgan fingerprint density at radius 3 is 2.03 bits per heavy atom. The third kappa shape index (κ3) is 11.4. The van der Waals surface area contributed by atoms with Gasteiger partial charge < -0.3 is 19.9 Å². The standard InChI is InChI=1S/C23H36Br2N2O7/c1-22(2,10-9-17(29)30)33-14-11-23(3,4)34-15-12-26-16(28)8-6-5-7-13-27-20(31)18(24)19(25)21(27)32/h5-15H2,1-4H3,(H,26,28)(H,29,30).